The van der Waals surface area contributed by atoms with E-state index >= 15 is 0 Å². The lowest BCUT2D eigenvalue weighted by atomic mass is 9.94. The zero-order valence-electron chi connectivity index (χ0n) is 10.6. The highest BCUT2D eigenvalue weighted by molar-refractivity contribution is 5.99. The van der Waals surface area contributed by atoms with Gasteiger partial charge in [-0.2, -0.15) is 0 Å². The van der Waals surface area contributed by atoms with Crippen LogP contribution in [0.5, 0.6) is 0 Å². The van der Waals surface area contributed by atoms with E-state index in [0.29, 0.717) is 0 Å². The van der Waals surface area contributed by atoms with Gasteiger partial charge in [0.1, 0.15) is 0 Å². The molecule has 0 aromatic heterocycles. The normalized spacial score (nSPS) is 12.5. The fraction of sp³-hybridized carbons (Fsp3) is 0.500. The summed E-state index contributed by atoms with van der Waals surface area (Å²) in [5, 5.41) is 3.21. The van der Waals surface area contributed by atoms with Gasteiger partial charge in [-0.3, -0.25) is 4.79 Å². The molecule has 0 aliphatic heterocycles. The maximum Gasteiger partial charge on any atom is 0.167 e. The molecule has 0 heterocycles. The van der Waals surface area contributed by atoms with Crippen LogP contribution < -0.4 is 5.32 Å². The predicted octanol–water partition coefficient (Wildman–Crippen LogP) is 2.73. The molecule has 0 saturated carbocycles. The van der Waals surface area contributed by atoms with Gasteiger partial charge in [-0.05, 0) is 32.0 Å². The van der Waals surface area contributed by atoms with Crippen LogP contribution in [0.2, 0.25) is 0 Å². The highest BCUT2D eigenvalue weighted by Gasteiger charge is 2.16. The molecule has 0 bridgehead atoms. The molecule has 0 spiro atoms. The van der Waals surface area contributed by atoms with Crippen LogP contribution in [0.15, 0.2) is 18.2 Å². The minimum Gasteiger partial charge on any atom is -0.316 e. The number of aryl methyl sites for hydroxylation is 2. The summed E-state index contributed by atoms with van der Waals surface area (Å²) in [7, 11) is 0. The van der Waals surface area contributed by atoms with Gasteiger partial charge in [-0.15, -0.1) is 0 Å². The Balaban J connectivity index is 2.83. The third kappa shape index (κ3) is 3.17. The van der Waals surface area contributed by atoms with Crippen LogP contribution in [0.25, 0.3) is 0 Å². The summed E-state index contributed by atoms with van der Waals surface area (Å²) >= 11 is 0. The van der Waals surface area contributed by atoms with E-state index in [1.165, 1.54) is 0 Å². The molecule has 16 heavy (non-hydrogen) atoms. The SMILES string of the molecule is CCNCC(C)C(=O)c1cc(C)ccc1C. The molecule has 1 atom stereocenters. The average molecular weight is 219 g/mol. The molecule has 0 aliphatic carbocycles. The van der Waals surface area contributed by atoms with Gasteiger partial charge in [-0.1, -0.05) is 31.5 Å². The Labute approximate surface area is 98.1 Å². The summed E-state index contributed by atoms with van der Waals surface area (Å²) in [5.74, 6) is 0.280. The first-order valence-corrected chi connectivity index (χ1v) is 5.88. The van der Waals surface area contributed by atoms with Crippen molar-refractivity contribution < 1.29 is 4.79 Å². The lowest BCUT2D eigenvalue weighted by Gasteiger charge is -2.13. The molecule has 0 amide bonds. The van der Waals surface area contributed by atoms with Crippen molar-refractivity contribution >= 4 is 5.78 Å². The van der Waals surface area contributed by atoms with E-state index in [4.69, 9.17) is 0 Å². The van der Waals surface area contributed by atoms with E-state index in [1.807, 2.05) is 39.0 Å². The van der Waals surface area contributed by atoms with Crippen LogP contribution in [-0.4, -0.2) is 18.9 Å². The van der Waals surface area contributed by atoms with Crippen molar-refractivity contribution in [1.29, 1.82) is 0 Å². The number of hydrogen-bond acceptors (Lipinski definition) is 2. The monoisotopic (exact) mass is 219 g/mol. The Kier molecular flexibility index (Phi) is 4.69. The zero-order valence-corrected chi connectivity index (χ0v) is 10.6. The van der Waals surface area contributed by atoms with E-state index in [1.54, 1.807) is 0 Å². The van der Waals surface area contributed by atoms with Crippen molar-refractivity contribution in [2.45, 2.75) is 27.7 Å². The highest BCUT2D eigenvalue weighted by atomic mass is 16.1. The van der Waals surface area contributed by atoms with E-state index in [0.717, 1.165) is 29.8 Å². The molecule has 1 N–H and O–H groups in total. The molecule has 2 nitrogen and oxygen atoms in total. The lowest BCUT2D eigenvalue weighted by Crippen LogP contribution is -2.26. The van der Waals surface area contributed by atoms with Gasteiger partial charge in [0.05, 0.1) is 0 Å². The summed E-state index contributed by atoms with van der Waals surface area (Å²) in [6.07, 6.45) is 0. The minimum atomic E-state index is 0.0421. The number of hydrogen-bond donors (Lipinski definition) is 1. The number of carbonyl (C=O) groups is 1. The number of rotatable bonds is 5. The number of ketones is 1. The molecule has 0 radical (unpaired) electrons. The fourth-order valence-corrected chi connectivity index (χ4v) is 1.72. The Hall–Kier alpha value is -1.15. The van der Waals surface area contributed by atoms with Crippen LogP contribution in [0.4, 0.5) is 0 Å². The van der Waals surface area contributed by atoms with Gasteiger partial charge in [0.15, 0.2) is 5.78 Å². The Morgan fingerprint density at radius 1 is 1.38 bits per heavy atom. The van der Waals surface area contributed by atoms with E-state index < -0.39 is 0 Å². The van der Waals surface area contributed by atoms with Gasteiger partial charge in [0.25, 0.3) is 0 Å². The molecule has 88 valence electrons. The molecule has 0 saturated heterocycles. The van der Waals surface area contributed by atoms with Crippen molar-refractivity contribution in [2.75, 3.05) is 13.1 Å². The number of carbonyl (C=O) groups excluding carboxylic acids is 1. The summed E-state index contributed by atoms with van der Waals surface area (Å²) in [5.41, 5.74) is 3.08. The molecular formula is C14H21NO. The van der Waals surface area contributed by atoms with Gasteiger partial charge < -0.3 is 5.32 Å². The van der Waals surface area contributed by atoms with Crippen molar-refractivity contribution in [3.8, 4) is 0 Å². The van der Waals surface area contributed by atoms with Gasteiger partial charge >= 0.3 is 0 Å². The third-order valence-corrected chi connectivity index (χ3v) is 2.81. The third-order valence-electron chi connectivity index (χ3n) is 2.81. The maximum atomic E-state index is 12.2. The molecule has 1 unspecified atom stereocenters. The van der Waals surface area contributed by atoms with Crippen molar-refractivity contribution in [3.63, 3.8) is 0 Å². The summed E-state index contributed by atoms with van der Waals surface area (Å²) in [6.45, 7) is 9.70. The molecule has 2 heteroatoms. The van der Waals surface area contributed by atoms with E-state index in [-0.39, 0.29) is 11.7 Å². The van der Waals surface area contributed by atoms with Gasteiger partial charge in [-0.25, -0.2) is 0 Å². The quantitative estimate of drug-likeness (QED) is 0.771. The molecule has 0 aliphatic rings. The summed E-state index contributed by atoms with van der Waals surface area (Å²) in [6, 6.07) is 6.05. The van der Waals surface area contributed by atoms with Crippen molar-refractivity contribution in [3.05, 3.63) is 34.9 Å². The second-order valence-electron chi connectivity index (χ2n) is 4.39. The second-order valence-corrected chi connectivity index (χ2v) is 4.39. The standard InChI is InChI=1S/C14H21NO/c1-5-15-9-12(4)14(16)13-8-10(2)6-7-11(13)3/h6-8,12,15H,5,9H2,1-4H3. The number of benzene rings is 1. The van der Waals surface area contributed by atoms with Gasteiger partial charge in [0, 0.05) is 18.0 Å². The molecular weight excluding hydrogens is 198 g/mol. The first kappa shape index (κ1) is 12.9. The number of Topliss-reactive ketones (excluding diaryl/α,β-unsaturated/α-hetero) is 1. The molecule has 1 rings (SSSR count). The summed E-state index contributed by atoms with van der Waals surface area (Å²) in [4.78, 5) is 12.2. The Bertz CT molecular complexity index is 371. The van der Waals surface area contributed by atoms with E-state index in [9.17, 15) is 4.79 Å². The summed E-state index contributed by atoms with van der Waals surface area (Å²) < 4.78 is 0. The van der Waals surface area contributed by atoms with E-state index in [2.05, 4.69) is 12.2 Å². The van der Waals surface area contributed by atoms with Crippen LogP contribution in [0.3, 0.4) is 0 Å². The van der Waals surface area contributed by atoms with Gasteiger partial charge in [0.2, 0.25) is 0 Å². The first-order valence-electron chi connectivity index (χ1n) is 5.88. The predicted molar refractivity (Wildman–Crippen MR) is 68.0 cm³/mol. The minimum absolute atomic E-state index is 0.0421. The Morgan fingerprint density at radius 3 is 2.69 bits per heavy atom. The zero-order chi connectivity index (χ0) is 12.1. The molecule has 0 fully saturated rings. The first-order chi connectivity index (χ1) is 7.56. The number of nitrogens with one attached hydrogen (secondary N) is 1. The molecule has 1 aromatic rings. The average Bonchev–Trinajstić information content (AvgIpc) is 2.28. The highest BCUT2D eigenvalue weighted by Crippen LogP contribution is 2.15. The topological polar surface area (TPSA) is 29.1 Å². The largest absolute Gasteiger partial charge is 0.316 e. The fourth-order valence-electron chi connectivity index (χ4n) is 1.72. The van der Waals surface area contributed by atoms with Crippen molar-refractivity contribution in [2.24, 2.45) is 5.92 Å². The van der Waals surface area contributed by atoms with Crippen LogP contribution in [-0.2, 0) is 0 Å². The molecule has 1 aromatic carbocycles. The Morgan fingerprint density at radius 2 is 2.06 bits per heavy atom. The van der Waals surface area contributed by atoms with Crippen LogP contribution >= 0.6 is 0 Å². The van der Waals surface area contributed by atoms with Crippen molar-refractivity contribution in [1.82, 2.24) is 5.32 Å². The van der Waals surface area contributed by atoms with Crippen LogP contribution in [0.1, 0.15) is 35.3 Å². The lowest BCUT2D eigenvalue weighted by molar-refractivity contribution is 0.0928. The smallest absolute Gasteiger partial charge is 0.167 e. The van der Waals surface area contributed by atoms with Crippen LogP contribution in [0, 0.1) is 19.8 Å². The maximum absolute atomic E-state index is 12.2. The second kappa shape index (κ2) is 5.80.